The van der Waals surface area contributed by atoms with Gasteiger partial charge in [-0.15, -0.1) is 0 Å². The van der Waals surface area contributed by atoms with Gasteiger partial charge in [-0.05, 0) is 23.8 Å². The molecule has 0 saturated heterocycles. The molecule has 2 aromatic rings. The smallest absolute Gasteiger partial charge is 0.342 e. The fourth-order valence-electron chi connectivity index (χ4n) is 1.68. The number of ether oxygens (including phenoxy) is 1. The van der Waals surface area contributed by atoms with Gasteiger partial charge in [0, 0.05) is 0 Å². The van der Waals surface area contributed by atoms with Gasteiger partial charge in [-0.3, -0.25) is 0 Å². The lowest BCUT2D eigenvalue weighted by molar-refractivity contribution is 0.0525. The summed E-state index contributed by atoms with van der Waals surface area (Å²) in [5.74, 6) is -0.533. The topological polar surface area (TPSA) is 46.5 Å². The molecule has 0 bridgehead atoms. The van der Waals surface area contributed by atoms with Crippen LogP contribution < -0.4 is 0 Å². The Morgan fingerprint density at radius 3 is 2.75 bits per heavy atom. The van der Waals surface area contributed by atoms with Crippen LogP contribution in [0.25, 0.3) is 10.8 Å². The van der Waals surface area contributed by atoms with Crippen LogP contribution >= 0.6 is 0 Å². The summed E-state index contributed by atoms with van der Waals surface area (Å²) in [4.78, 5) is 11.7. The number of benzene rings is 2. The highest BCUT2D eigenvalue weighted by molar-refractivity contribution is 6.06. The lowest BCUT2D eigenvalue weighted by atomic mass is 10.0. The van der Waals surface area contributed by atoms with E-state index in [0.29, 0.717) is 12.0 Å². The molecule has 0 radical (unpaired) electrons. The van der Waals surface area contributed by atoms with Crippen molar-refractivity contribution in [1.29, 1.82) is 0 Å². The second-order valence-corrected chi connectivity index (χ2v) is 3.40. The average Bonchev–Trinajstić information content (AvgIpc) is 2.29. The maximum absolute atomic E-state index is 11.7. The van der Waals surface area contributed by atoms with Crippen LogP contribution in [0.3, 0.4) is 0 Å². The Hall–Kier alpha value is -2.03. The highest BCUT2D eigenvalue weighted by atomic mass is 16.5. The summed E-state index contributed by atoms with van der Waals surface area (Å²) in [7, 11) is 0. The second kappa shape index (κ2) is 4.23. The zero-order valence-corrected chi connectivity index (χ0v) is 8.93. The summed E-state index contributed by atoms with van der Waals surface area (Å²) in [6.45, 7) is 2.03. The van der Waals surface area contributed by atoms with Crippen LogP contribution in [0.4, 0.5) is 0 Å². The summed E-state index contributed by atoms with van der Waals surface area (Å²) in [5.41, 5.74) is 0.236. The molecule has 0 aromatic heterocycles. The third-order valence-corrected chi connectivity index (χ3v) is 2.39. The molecule has 3 nitrogen and oxygen atoms in total. The molecular weight excluding hydrogens is 204 g/mol. The van der Waals surface area contributed by atoms with Crippen LogP contribution in [0.5, 0.6) is 5.75 Å². The summed E-state index contributed by atoms with van der Waals surface area (Å²) < 4.78 is 4.92. The number of rotatable bonds is 2. The van der Waals surface area contributed by atoms with Gasteiger partial charge < -0.3 is 9.84 Å². The average molecular weight is 216 g/mol. The quantitative estimate of drug-likeness (QED) is 0.785. The first-order valence-corrected chi connectivity index (χ1v) is 5.12. The molecule has 0 atom stereocenters. The second-order valence-electron chi connectivity index (χ2n) is 3.40. The largest absolute Gasteiger partial charge is 0.507 e. The van der Waals surface area contributed by atoms with Crippen molar-refractivity contribution in [1.82, 2.24) is 0 Å². The van der Waals surface area contributed by atoms with E-state index in [-0.39, 0.29) is 11.3 Å². The van der Waals surface area contributed by atoms with Gasteiger partial charge in [-0.2, -0.15) is 0 Å². The highest BCUT2D eigenvalue weighted by Gasteiger charge is 2.15. The van der Waals surface area contributed by atoms with Gasteiger partial charge in [0.15, 0.2) is 0 Å². The lowest BCUT2D eigenvalue weighted by Crippen LogP contribution is -2.05. The SMILES string of the molecule is CCOC(=O)c1c(O)ccc2ccccc12. The molecule has 3 heteroatoms. The van der Waals surface area contributed by atoms with Gasteiger partial charge in [-0.25, -0.2) is 4.79 Å². The van der Waals surface area contributed by atoms with Crippen molar-refractivity contribution < 1.29 is 14.6 Å². The molecule has 0 heterocycles. The van der Waals surface area contributed by atoms with Crippen LogP contribution in [-0.2, 0) is 4.74 Å². The number of hydrogen-bond donors (Lipinski definition) is 1. The van der Waals surface area contributed by atoms with Crippen LogP contribution in [0.1, 0.15) is 17.3 Å². The number of hydrogen-bond acceptors (Lipinski definition) is 3. The molecule has 2 rings (SSSR count). The Morgan fingerprint density at radius 1 is 1.25 bits per heavy atom. The highest BCUT2D eigenvalue weighted by Crippen LogP contribution is 2.27. The van der Waals surface area contributed by atoms with E-state index < -0.39 is 5.97 Å². The van der Waals surface area contributed by atoms with Crippen molar-refractivity contribution in [2.45, 2.75) is 6.92 Å². The molecule has 82 valence electrons. The molecule has 16 heavy (non-hydrogen) atoms. The Morgan fingerprint density at radius 2 is 2.00 bits per heavy atom. The number of fused-ring (bicyclic) bond motifs is 1. The predicted molar refractivity (Wildman–Crippen MR) is 61.6 cm³/mol. The molecule has 0 aliphatic rings. The number of aromatic hydroxyl groups is 1. The maximum atomic E-state index is 11.7. The van der Waals surface area contributed by atoms with E-state index in [1.54, 1.807) is 19.1 Å². The van der Waals surface area contributed by atoms with E-state index in [1.165, 1.54) is 6.07 Å². The third-order valence-electron chi connectivity index (χ3n) is 2.39. The molecule has 0 amide bonds. The first-order chi connectivity index (χ1) is 7.74. The fraction of sp³-hybridized carbons (Fsp3) is 0.154. The molecule has 2 aromatic carbocycles. The first kappa shape index (κ1) is 10.5. The van der Waals surface area contributed by atoms with Gasteiger partial charge in [0.05, 0.1) is 6.61 Å². The van der Waals surface area contributed by atoms with Gasteiger partial charge in [0.25, 0.3) is 0 Å². The summed E-state index contributed by atoms with van der Waals surface area (Å²) in [5, 5.41) is 11.3. The van der Waals surface area contributed by atoms with E-state index in [2.05, 4.69) is 0 Å². The van der Waals surface area contributed by atoms with E-state index in [4.69, 9.17) is 4.74 Å². The lowest BCUT2D eigenvalue weighted by Gasteiger charge is -2.07. The normalized spacial score (nSPS) is 10.3. The number of phenolic OH excluding ortho intramolecular Hbond substituents is 1. The molecule has 0 aliphatic heterocycles. The number of carbonyl (C=O) groups is 1. The zero-order chi connectivity index (χ0) is 11.5. The maximum Gasteiger partial charge on any atom is 0.342 e. The van der Waals surface area contributed by atoms with Crippen molar-refractivity contribution >= 4 is 16.7 Å². The Balaban J connectivity index is 2.66. The van der Waals surface area contributed by atoms with Gasteiger partial charge >= 0.3 is 5.97 Å². The van der Waals surface area contributed by atoms with Crippen LogP contribution in [-0.4, -0.2) is 17.7 Å². The number of esters is 1. The zero-order valence-electron chi connectivity index (χ0n) is 8.93. The first-order valence-electron chi connectivity index (χ1n) is 5.12. The van der Waals surface area contributed by atoms with Crippen molar-refractivity contribution in [3.63, 3.8) is 0 Å². The molecular formula is C13H12O3. The van der Waals surface area contributed by atoms with Gasteiger partial charge in [-0.1, -0.05) is 30.3 Å². The Bertz CT molecular complexity index is 532. The summed E-state index contributed by atoms with van der Waals surface area (Å²) >= 11 is 0. The van der Waals surface area contributed by atoms with Crippen molar-refractivity contribution in [2.24, 2.45) is 0 Å². The van der Waals surface area contributed by atoms with E-state index in [9.17, 15) is 9.90 Å². The van der Waals surface area contributed by atoms with Crippen LogP contribution in [0.2, 0.25) is 0 Å². The molecule has 0 saturated carbocycles. The van der Waals surface area contributed by atoms with E-state index in [0.717, 1.165) is 5.39 Å². The van der Waals surface area contributed by atoms with Crippen molar-refractivity contribution in [3.05, 3.63) is 42.0 Å². The van der Waals surface area contributed by atoms with E-state index in [1.807, 2.05) is 18.2 Å². The number of phenols is 1. The van der Waals surface area contributed by atoms with Gasteiger partial charge in [0.2, 0.25) is 0 Å². The minimum Gasteiger partial charge on any atom is -0.507 e. The third kappa shape index (κ3) is 1.72. The van der Waals surface area contributed by atoms with E-state index >= 15 is 0 Å². The predicted octanol–water partition coefficient (Wildman–Crippen LogP) is 2.72. The van der Waals surface area contributed by atoms with Crippen LogP contribution in [0, 0.1) is 0 Å². The summed E-state index contributed by atoms with van der Waals surface area (Å²) in [6.07, 6.45) is 0. The molecule has 0 aliphatic carbocycles. The Kier molecular flexibility index (Phi) is 2.77. The minimum atomic E-state index is -0.489. The monoisotopic (exact) mass is 216 g/mol. The molecule has 1 N–H and O–H groups in total. The van der Waals surface area contributed by atoms with Crippen molar-refractivity contribution in [2.75, 3.05) is 6.61 Å². The standard InChI is InChI=1S/C13H12O3/c1-2-16-13(15)12-10-6-4-3-5-9(10)7-8-11(12)14/h3-8,14H,2H2,1H3. The van der Waals surface area contributed by atoms with Crippen molar-refractivity contribution in [3.8, 4) is 5.75 Å². The van der Waals surface area contributed by atoms with Gasteiger partial charge in [0.1, 0.15) is 11.3 Å². The summed E-state index contributed by atoms with van der Waals surface area (Å²) in [6, 6.07) is 10.7. The molecule has 0 fully saturated rings. The molecule has 0 spiro atoms. The Labute approximate surface area is 93.3 Å². The number of carbonyl (C=O) groups excluding carboxylic acids is 1. The molecule has 0 unspecified atom stereocenters. The van der Waals surface area contributed by atoms with Crippen LogP contribution in [0.15, 0.2) is 36.4 Å². The minimum absolute atomic E-state index is 0.0443. The fourth-order valence-corrected chi connectivity index (χ4v) is 1.68.